The maximum Gasteiger partial charge on any atom is 0.142 e. The number of ketones is 1. The minimum atomic E-state index is 0.163. The van der Waals surface area contributed by atoms with Gasteiger partial charge in [0.25, 0.3) is 0 Å². The van der Waals surface area contributed by atoms with E-state index in [0.29, 0.717) is 16.5 Å². The number of hydrogen-bond acceptors (Lipinski definition) is 3. The number of carbonyl (C=O) groups excluding carboxylic acids is 1. The van der Waals surface area contributed by atoms with E-state index in [1.165, 1.54) is 43.4 Å². The van der Waals surface area contributed by atoms with Gasteiger partial charge >= 0.3 is 0 Å². The third-order valence-electron chi connectivity index (χ3n) is 3.81. The van der Waals surface area contributed by atoms with Crippen LogP contribution >= 0.6 is 22.9 Å². The third kappa shape index (κ3) is 4.06. The van der Waals surface area contributed by atoms with Gasteiger partial charge in [0.1, 0.15) is 15.1 Å². The molecule has 1 aromatic rings. The highest BCUT2D eigenvalue weighted by Gasteiger charge is 2.21. The zero-order chi connectivity index (χ0) is 13.0. The summed E-state index contributed by atoms with van der Waals surface area (Å²) in [6, 6.07) is 0. The van der Waals surface area contributed by atoms with Crippen LogP contribution in [0.2, 0.25) is 4.34 Å². The maximum atomic E-state index is 12.1. The topological polar surface area (TPSA) is 30.0 Å². The first kappa shape index (κ1) is 14.0. The molecule has 1 saturated carbocycles. The van der Waals surface area contributed by atoms with E-state index < -0.39 is 0 Å². The van der Waals surface area contributed by atoms with Gasteiger partial charge in [0, 0.05) is 5.92 Å². The van der Waals surface area contributed by atoms with Gasteiger partial charge in [-0.3, -0.25) is 4.79 Å². The Bertz CT molecular complexity index is 398. The number of thiazole rings is 1. The van der Waals surface area contributed by atoms with Crippen LogP contribution in [-0.2, 0) is 11.2 Å². The second kappa shape index (κ2) is 6.67. The van der Waals surface area contributed by atoms with Crippen molar-refractivity contribution in [1.82, 2.24) is 4.98 Å². The van der Waals surface area contributed by atoms with E-state index in [1.54, 1.807) is 6.20 Å². The average molecular weight is 286 g/mol. The molecule has 100 valence electrons. The van der Waals surface area contributed by atoms with Crippen molar-refractivity contribution in [1.29, 1.82) is 0 Å². The van der Waals surface area contributed by atoms with E-state index >= 15 is 0 Å². The first-order chi connectivity index (χ1) is 8.65. The van der Waals surface area contributed by atoms with E-state index in [-0.39, 0.29) is 5.92 Å². The van der Waals surface area contributed by atoms with Gasteiger partial charge < -0.3 is 0 Å². The SMILES string of the molecule is CC(CC1CCCCC1)C(=O)Cc1ncc(Cl)s1. The Kier molecular flexibility index (Phi) is 5.19. The van der Waals surface area contributed by atoms with Crippen LogP contribution < -0.4 is 0 Å². The molecule has 0 N–H and O–H groups in total. The molecule has 1 unspecified atom stereocenters. The second-order valence-corrected chi connectivity index (χ2v) is 7.09. The summed E-state index contributed by atoms with van der Waals surface area (Å²) >= 11 is 7.24. The summed E-state index contributed by atoms with van der Waals surface area (Å²) in [6.45, 7) is 2.06. The molecule has 0 aliphatic heterocycles. The number of hydrogen-bond donors (Lipinski definition) is 0. The molecule has 0 bridgehead atoms. The highest BCUT2D eigenvalue weighted by Crippen LogP contribution is 2.30. The Morgan fingerprint density at radius 3 is 2.83 bits per heavy atom. The van der Waals surface area contributed by atoms with Crippen LogP contribution in [-0.4, -0.2) is 10.8 Å². The minimum Gasteiger partial charge on any atom is -0.299 e. The van der Waals surface area contributed by atoms with Crippen molar-refractivity contribution in [3.05, 3.63) is 15.5 Å². The molecule has 0 spiro atoms. The Labute approximate surface area is 118 Å². The molecule has 1 fully saturated rings. The molecule has 1 aliphatic rings. The van der Waals surface area contributed by atoms with Crippen LogP contribution in [0.5, 0.6) is 0 Å². The van der Waals surface area contributed by atoms with Crippen molar-refractivity contribution in [2.75, 3.05) is 0 Å². The summed E-state index contributed by atoms with van der Waals surface area (Å²) in [4.78, 5) is 16.3. The van der Waals surface area contributed by atoms with Crippen molar-refractivity contribution in [2.45, 2.75) is 51.9 Å². The Morgan fingerprint density at radius 1 is 1.50 bits per heavy atom. The molecule has 0 aromatic carbocycles. The van der Waals surface area contributed by atoms with Gasteiger partial charge in [-0.25, -0.2) is 4.98 Å². The van der Waals surface area contributed by atoms with E-state index in [1.807, 2.05) is 0 Å². The van der Waals surface area contributed by atoms with Crippen molar-refractivity contribution in [3.8, 4) is 0 Å². The lowest BCUT2D eigenvalue weighted by atomic mass is 9.82. The second-order valence-electron chi connectivity index (χ2n) is 5.34. The highest BCUT2D eigenvalue weighted by atomic mass is 35.5. The average Bonchev–Trinajstić information content (AvgIpc) is 2.76. The Hall–Kier alpha value is -0.410. The van der Waals surface area contributed by atoms with Gasteiger partial charge in [0.15, 0.2) is 0 Å². The normalized spacial score (nSPS) is 18.8. The first-order valence-electron chi connectivity index (χ1n) is 6.78. The number of halogens is 1. The fourth-order valence-electron chi connectivity index (χ4n) is 2.75. The van der Waals surface area contributed by atoms with Gasteiger partial charge in [-0.1, -0.05) is 50.6 Å². The molecular formula is C14H20ClNOS. The molecule has 1 atom stereocenters. The minimum absolute atomic E-state index is 0.163. The zero-order valence-corrected chi connectivity index (χ0v) is 12.4. The van der Waals surface area contributed by atoms with Crippen LogP contribution in [0.4, 0.5) is 0 Å². The molecular weight excluding hydrogens is 266 g/mol. The molecule has 1 aliphatic carbocycles. The molecule has 2 nitrogen and oxygen atoms in total. The monoisotopic (exact) mass is 285 g/mol. The van der Waals surface area contributed by atoms with Gasteiger partial charge in [0.2, 0.25) is 0 Å². The fraction of sp³-hybridized carbons (Fsp3) is 0.714. The van der Waals surface area contributed by atoms with E-state index in [9.17, 15) is 4.79 Å². The van der Waals surface area contributed by atoms with Gasteiger partial charge in [-0.05, 0) is 12.3 Å². The van der Waals surface area contributed by atoms with Crippen LogP contribution in [0.3, 0.4) is 0 Å². The zero-order valence-electron chi connectivity index (χ0n) is 10.8. The first-order valence-corrected chi connectivity index (χ1v) is 7.97. The Morgan fingerprint density at radius 2 is 2.22 bits per heavy atom. The summed E-state index contributed by atoms with van der Waals surface area (Å²) < 4.78 is 0.665. The molecule has 1 aromatic heterocycles. The lowest BCUT2D eigenvalue weighted by molar-refractivity contribution is -0.122. The maximum absolute atomic E-state index is 12.1. The van der Waals surface area contributed by atoms with Crippen molar-refractivity contribution < 1.29 is 4.79 Å². The summed E-state index contributed by atoms with van der Waals surface area (Å²) in [5.74, 6) is 1.24. The predicted octanol–water partition coefficient (Wildman–Crippen LogP) is 4.51. The van der Waals surface area contributed by atoms with E-state index in [4.69, 9.17) is 11.6 Å². The van der Waals surface area contributed by atoms with Gasteiger partial charge in [0.05, 0.1) is 12.6 Å². The van der Waals surface area contributed by atoms with E-state index in [2.05, 4.69) is 11.9 Å². The van der Waals surface area contributed by atoms with Crippen LogP contribution in [0.25, 0.3) is 0 Å². The Balaban J connectivity index is 1.80. The smallest absolute Gasteiger partial charge is 0.142 e. The lowest BCUT2D eigenvalue weighted by Gasteiger charge is -2.23. The van der Waals surface area contributed by atoms with Crippen molar-refractivity contribution in [2.24, 2.45) is 11.8 Å². The summed E-state index contributed by atoms with van der Waals surface area (Å²) in [5, 5.41) is 0.848. The van der Waals surface area contributed by atoms with Crippen molar-refractivity contribution in [3.63, 3.8) is 0 Å². The van der Waals surface area contributed by atoms with Crippen LogP contribution in [0.15, 0.2) is 6.20 Å². The number of Topliss-reactive ketones (excluding diaryl/α,β-unsaturated/α-hetero) is 1. The lowest BCUT2D eigenvalue weighted by Crippen LogP contribution is -2.19. The predicted molar refractivity (Wildman–Crippen MR) is 76.2 cm³/mol. The molecule has 1 heterocycles. The standard InChI is InChI=1S/C14H20ClNOS/c1-10(7-11-5-3-2-4-6-11)12(17)8-14-16-9-13(15)18-14/h9-11H,2-8H2,1H3. The van der Waals surface area contributed by atoms with Crippen LogP contribution in [0.1, 0.15) is 50.5 Å². The number of nitrogens with zero attached hydrogens (tertiary/aromatic N) is 1. The molecule has 0 saturated heterocycles. The van der Waals surface area contributed by atoms with Gasteiger partial charge in [-0.15, -0.1) is 11.3 Å². The molecule has 0 radical (unpaired) electrons. The van der Waals surface area contributed by atoms with Crippen molar-refractivity contribution >= 4 is 28.7 Å². The molecule has 2 rings (SSSR count). The molecule has 0 amide bonds. The van der Waals surface area contributed by atoms with Gasteiger partial charge in [-0.2, -0.15) is 0 Å². The highest BCUT2D eigenvalue weighted by molar-refractivity contribution is 7.15. The summed E-state index contributed by atoms with van der Waals surface area (Å²) in [5.41, 5.74) is 0. The van der Waals surface area contributed by atoms with E-state index in [0.717, 1.165) is 17.3 Å². The third-order valence-corrected chi connectivity index (χ3v) is 4.93. The quantitative estimate of drug-likeness (QED) is 0.796. The molecule has 18 heavy (non-hydrogen) atoms. The summed E-state index contributed by atoms with van der Waals surface area (Å²) in [7, 11) is 0. The number of carbonyl (C=O) groups is 1. The van der Waals surface area contributed by atoms with Crippen LogP contribution in [0, 0.1) is 11.8 Å². The molecule has 4 heteroatoms. The number of rotatable bonds is 5. The fourth-order valence-corrected chi connectivity index (χ4v) is 3.71. The largest absolute Gasteiger partial charge is 0.299 e. The summed E-state index contributed by atoms with van der Waals surface area (Å²) in [6.07, 6.45) is 9.79. The number of aromatic nitrogens is 1.